The predicted molar refractivity (Wildman–Crippen MR) is 191 cm³/mol. The quantitative estimate of drug-likeness (QED) is 0.192. The Labute approximate surface area is 266 Å². The maximum absolute atomic E-state index is 6.68. The molecule has 0 spiro atoms. The zero-order chi connectivity index (χ0) is 29.9. The van der Waals surface area contributed by atoms with Crippen molar-refractivity contribution in [3.05, 3.63) is 169 Å². The summed E-state index contributed by atoms with van der Waals surface area (Å²) in [6.45, 7) is 0. The molecular formula is C42H27ClN2. The van der Waals surface area contributed by atoms with Gasteiger partial charge in [-0.05, 0) is 70.8 Å². The van der Waals surface area contributed by atoms with Crippen LogP contribution in [0.3, 0.4) is 0 Å². The van der Waals surface area contributed by atoms with Crippen molar-refractivity contribution in [1.82, 2.24) is 9.13 Å². The fourth-order valence-electron chi connectivity index (χ4n) is 6.99. The first-order chi connectivity index (χ1) is 22.2. The summed E-state index contributed by atoms with van der Waals surface area (Å²) in [7, 11) is 0. The Morgan fingerprint density at radius 1 is 0.356 bits per heavy atom. The normalized spacial score (nSPS) is 11.7. The number of para-hydroxylation sites is 1. The van der Waals surface area contributed by atoms with E-state index in [1.54, 1.807) is 0 Å². The maximum atomic E-state index is 6.68. The van der Waals surface area contributed by atoms with Gasteiger partial charge in [-0.1, -0.05) is 127 Å². The summed E-state index contributed by atoms with van der Waals surface area (Å²) in [5, 5.41) is 5.56. The molecule has 0 saturated heterocycles. The topological polar surface area (TPSA) is 9.86 Å². The average molecular weight is 595 g/mol. The minimum Gasteiger partial charge on any atom is -0.309 e. The SMILES string of the molecule is Clc1ccc2c3ccc4c(c5ccccc5n4-c4cccc(-c5ccccc5)c4)c3n(-c3cccc(-c4ccccc4)c3)c2c1. The summed E-state index contributed by atoms with van der Waals surface area (Å²) in [5.74, 6) is 0. The minimum atomic E-state index is 0.724. The highest BCUT2D eigenvalue weighted by molar-refractivity contribution is 6.32. The van der Waals surface area contributed by atoms with E-state index in [2.05, 4.69) is 167 Å². The van der Waals surface area contributed by atoms with Crippen molar-refractivity contribution in [2.45, 2.75) is 0 Å². The smallest absolute Gasteiger partial charge is 0.0641 e. The highest BCUT2D eigenvalue weighted by Crippen LogP contribution is 2.43. The number of hydrogen-bond donors (Lipinski definition) is 0. The van der Waals surface area contributed by atoms with E-state index in [1.807, 2.05) is 6.07 Å². The molecule has 0 fully saturated rings. The molecule has 0 aliphatic carbocycles. The second-order valence-corrected chi connectivity index (χ2v) is 12.0. The molecule has 0 saturated carbocycles. The lowest BCUT2D eigenvalue weighted by Crippen LogP contribution is -1.96. The lowest BCUT2D eigenvalue weighted by molar-refractivity contribution is 1.17. The number of fused-ring (bicyclic) bond motifs is 7. The van der Waals surface area contributed by atoms with Crippen LogP contribution in [0, 0.1) is 0 Å². The summed E-state index contributed by atoms with van der Waals surface area (Å²) in [6, 6.07) is 58.4. The third-order valence-corrected chi connectivity index (χ3v) is 9.18. The van der Waals surface area contributed by atoms with Gasteiger partial charge in [-0.3, -0.25) is 0 Å². The predicted octanol–water partition coefficient (Wildman–Crippen LogP) is 11.9. The van der Waals surface area contributed by atoms with E-state index in [1.165, 1.54) is 60.3 Å². The summed E-state index contributed by atoms with van der Waals surface area (Å²) in [5.41, 5.74) is 11.6. The molecule has 212 valence electrons. The van der Waals surface area contributed by atoms with Crippen LogP contribution in [0.25, 0.3) is 77.2 Å². The molecule has 0 atom stereocenters. The van der Waals surface area contributed by atoms with Crippen molar-refractivity contribution >= 4 is 55.2 Å². The first-order valence-corrected chi connectivity index (χ1v) is 15.6. The van der Waals surface area contributed by atoms with Gasteiger partial charge in [-0.15, -0.1) is 0 Å². The summed E-state index contributed by atoms with van der Waals surface area (Å²) in [6.07, 6.45) is 0. The molecule has 0 bridgehead atoms. The van der Waals surface area contributed by atoms with Crippen LogP contribution >= 0.6 is 11.6 Å². The molecule has 0 amide bonds. The fourth-order valence-corrected chi connectivity index (χ4v) is 7.15. The van der Waals surface area contributed by atoms with Crippen molar-refractivity contribution in [2.75, 3.05) is 0 Å². The van der Waals surface area contributed by atoms with Crippen LogP contribution in [-0.2, 0) is 0 Å². The Bertz CT molecular complexity index is 2540. The molecule has 45 heavy (non-hydrogen) atoms. The lowest BCUT2D eigenvalue weighted by atomic mass is 10.0. The molecule has 2 heterocycles. The monoisotopic (exact) mass is 594 g/mol. The summed E-state index contributed by atoms with van der Waals surface area (Å²) in [4.78, 5) is 0. The van der Waals surface area contributed by atoms with Crippen molar-refractivity contribution < 1.29 is 0 Å². The van der Waals surface area contributed by atoms with Gasteiger partial charge in [0.15, 0.2) is 0 Å². The van der Waals surface area contributed by atoms with E-state index in [9.17, 15) is 0 Å². The van der Waals surface area contributed by atoms with Crippen LogP contribution < -0.4 is 0 Å². The standard InChI is InChI=1S/C42H27ClN2/c43-32-21-22-35-36-23-24-39-41(42(36)45(40(35)27-32)34-18-10-16-31(26-34)29-13-5-2-6-14-29)37-19-7-8-20-38(37)44(39)33-17-9-15-30(25-33)28-11-3-1-4-12-28/h1-27H. The largest absolute Gasteiger partial charge is 0.309 e. The molecule has 0 aliphatic rings. The van der Waals surface area contributed by atoms with E-state index >= 15 is 0 Å². The first kappa shape index (κ1) is 25.9. The van der Waals surface area contributed by atoms with Gasteiger partial charge in [-0.2, -0.15) is 0 Å². The molecule has 2 aromatic heterocycles. The molecular weight excluding hydrogens is 568 g/mol. The van der Waals surface area contributed by atoms with Gasteiger partial charge in [0, 0.05) is 37.9 Å². The second kappa shape index (κ2) is 10.3. The van der Waals surface area contributed by atoms with E-state index in [-0.39, 0.29) is 0 Å². The van der Waals surface area contributed by atoms with Crippen LogP contribution in [0.2, 0.25) is 5.02 Å². The number of aromatic nitrogens is 2. The Kier molecular flexibility index (Phi) is 5.90. The van der Waals surface area contributed by atoms with Crippen molar-refractivity contribution in [3.63, 3.8) is 0 Å². The molecule has 0 radical (unpaired) electrons. The van der Waals surface area contributed by atoms with Crippen molar-refractivity contribution in [2.24, 2.45) is 0 Å². The van der Waals surface area contributed by atoms with Gasteiger partial charge in [0.05, 0.1) is 22.1 Å². The number of hydrogen-bond acceptors (Lipinski definition) is 0. The van der Waals surface area contributed by atoms with Crippen molar-refractivity contribution in [1.29, 1.82) is 0 Å². The average Bonchev–Trinajstić information content (AvgIpc) is 3.61. The summed E-state index contributed by atoms with van der Waals surface area (Å²) >= 11 is 6.68. The number of halogens is 1. The fraction of sp³-hybridized carbons (Fsp3) is 0. The van der Waals surface area contributed by atoms with Gasteiger partial charge < -0.3 is 9.13 Å². The second-order valence-electron chi connectivity index (χ2n) is 11.5. The molecule has 0 N–H and O–H groups in total. The molecule has 7 aromatic carbocycles. The molecule has 0 unspecified atom stereocenters. The van der Waals surface area contributed by atoms with Crippen LogP contribution in [0.15, 0.2) is 164 Å². The van der Waals surface area contributed by atoms with Gasteiger partial charge in [-0.25, -0.2) is 0 Å². The maximum Gasteiger partial charge on any atom is 0.0641 e. The number of benzene rings is 7. The van der Waals surface area contributed by atoms with Crippen LogP contribution in [0.4, 0.5) is 0 Å². The van der Waals surface area contributed by atoms with E-state index in [0.717, 1.165) is 21.9 Å². The van der Waals surface area contributed by atoms with E-state index in [0.29, 0.717) is 0 Å². The Morgan fingerprint density at radius 2 is 0.933 bits per heavy atom. The van der Waals surface area contributed by atoms with Gasteiger partial charge in [0.25, 0.3) is 0 Å². The Hall–Kier alpha value is -5.57. The number of nitrogens with zero attached hydrogens (tertiary/aromatic N) is 2. The number of rotatable bonds is 4. The molecule has 2 nitrogen and oxygen atoms in total. The third-order valence-electron chi connectivity index (χ3n) is 8.95. The van der Waals surface area contributed by atoms with E-state index < -0.39 is 0 Å². The van der Waals surface area contributed by atoms with Crippen molar-refractivity contribution in [3.8, 4) is 33.6 Å². The van der Waals surface area contributed by atoms with Gasteiger partial charge in [0.1, 0.15) is 0 Å². The molecule has 0 aliphatic heterocycles. The van der Waals surface area contributed by atoms with Crippen LogP contribution in [0.1, 0.15) is 0 Å². The van der Waals surface area contributed by atoms with Crippen LogP contribution in [0.5, 0.6) is 0 Å². The first-order valence-electron chi connectivity index (χ1n) is 15.2. The Balaban J connectivity index is 1.40. The summed E-state index contributed by atoms with van der Waals surface area (Å²) < 4.78 is 4.81. The minimum absolute atomic E-state index is 0.724. The molecule has 9 aromatic rings. The van der Waals surface area contributed by atoms with Gasteiger partial charge >= 0.3 is 0 Å². The highest BCUT2D eigenvalue weighted by atomic mass is 35.5. The van der Waals surface area contributed by atoms with Gasteiger partial charge in [0.2, 0.25) is 0 Å². The van der Waals surface area contributed by atoms with E-state index in [4.69, 9.17) is 11.6 Å². The van der Waals surface area contributed by atoms with Crippen LogP contribution in [-0.4, -0.2) is 9.13 Å². The zero-order valence-electron chi connectivity index (χ0n) is 24.4. The molecule has 3 heteroatoms. The third kappa shape index (κ3) is 4.11. The highest BCUT2D eigenvalue weighted by Gasteiger charge is 2.21. The zero-order valence-corrected chi connectivity index (χ0v) is 25.1. The lowest BCUT2D eigenvalue weighted by Gasteiger charge is -2.12. The molecule has 9 rings (SSSR count). The Morgan fingerprint density at radius 3 is 1.62 bits per heavy atom.